The fraction of sp³-hybridized carbons (Fsp3) is 0.750. The molecule has 2 rings (SSSR count). The lowest BCUT2D eigenvalue weighted by atomic mass is 9.79. The Morgan fingerprint density at radius 3 is 2.47 bits per heavy atom. The van der Waals surface area contributed by atoms with Crippen LogP contribution in [0, 0.1) is 11.8 Å². The topological polar surface area (TPSA) is 66.5 Å². The predicted molar refractivity (Wildman–Crippen MR) is 61.0 cm³/mol. The summed E-state index contributed by atoms with van der Waals surface area (Å²) in [5, 5.41) is 2.22. The van der Waals surface area contributed by atoms with E-state index in [1.165, 1.54) is 4.90 Å². The molecular weight excluding hydrogens is 220 g/mol. The number of hydrogen-bond donors (Lipinski definition) is 1. The molecule has 4 amide bonds. The first-order valence-electron chi connectivity index (χ1n) is 6.15. The van der Waals surface area contributed by atoms with Gasteiger partial charge in [-0.15, -0.1) is 0 Å². The van der Waals surface area contributed by atoms with Crippen molar-refractivity contribution >= 4 is 17.8 Å². The molecule has 0 radical (unpaired) electrons. The Morgan fingerprint density at radius 1 is 1.18 bits per heavy atom. The molecule has 1 heterocycles. The molecule has 0 aromatic heterocycles. The van der Waals surface area contributed by atoms with Crippen LogP contribution in [0.2, 0.25) is 0 Å². The second-order valence-electron chi connectivity index (χ2n) is 5.26. The highest BCUT2D eigenvalue weighted by Gasteiger charge is 2.40. The molecule has 0 spiro atoms. The number of nitrogens with one attached hydrogen (secondary N) is 1. The molecule has 1 N–H and O–H groups in total. The van der Waals surface area contributed by atoms with Gasteiger partial charge in [0.25, 0.3) is 0 Å². The summed E-state index contributed by atoms with van der Waals surface area (Å²) in [5.74, 6) is 0.103. The van der Waals surface area contributed by atoms with Gasteiger partial charge in [-0.2, -0.15) is 0 Å². The Kier molecular flexibility index (Phi) is 3.17. The maximum Gasteiger partial charge on any atom is 0.331 e. The number of amides is 4. The van der Waals surface area contributed by atoms with Gasteiger partial charge in [0.1, 0.15) is 6.42 Å². The first kappa shape index (κ1) is 12.1. The quantitative estimate of drug-likeness (QED) is 0.700. The van der Waals surface area contributed by atoms with Crippen molar-refractivity contribution < 1.29 is 14.4 Å². The molecule has 0 bridgehead atoms. The number of nitrogens with zero attached hydrogens (tertiary/aromatic N) is 1. The molecule has 1 aliphatic carbocycles. The van der Waals surface area contributed by atoms with Crippen molar-refractivity contribution in [3.05, 3.63) is 0 Å². The van der Waals surface area contributed by atoms with E-state index in [4.69, 9.17) is 0 Å². The van der Waals surface area contributed by atoms with Crippen LogP contribution in [0.1, 0.15) is 39.5 Å². The molecule has 0 aromatic carbocycles. The van der Waals surface area contributed by atoms with Crippen LogP contribution < -0.4 is 5.32 Å². The molecule has 3 unspecified atom stereocenters. The van der Waals surface area contributed by atoms with Crippen LogP contribution in [-0.2, 0) is 9.59 Å². The van der Waals surface area contributed by atoms with Gasteiger partial charge in [0.15, 0.2) is 0 Å². The van der Waals surface area contributed by atoms with Crippen LogP contribution >= 0.6 is 0 Å². The minimum absolute atomic E-state index is 0.0493. The first-order valence-corrected chi connectivity index (χ1v) is 6.15. The predicted octanol–water partition coefficient (Wildman–Crippen LogP) is 1.28. The molecule has 0 aromatic rings. The van der Waals surface area contributed by atoms with Crippen molar-refractivity contribution in [2.24, 2.45) is 11.8 Å². The molecule has 94 valence electrons. The Labute approximate surface area is 101 Å². The molecule has 17 heavy (non-hydrogen) atoms. The standard InChI is InChI=1S/C12H18N2O3/c1-7-3-4-9(8(2)5-7)14-11(16)6-10(15)13-12(14)17/h7-9H,3-6H2,1-2H3,(H,13,15,17). The van der Waals surface area contributed by atoms with E-state index in [0.29, 0.717) is 11.8 Å². The zero-order chi connectivity index (χ0) is 12.6. The highest BCUT2D eigenvalue weighted by molar-refractivity contribution is 6.14. The van der Waals surface area contributed by atoms with E-state index in [-0.39, 0.29) is 18.4 Å². The van der Waals surface area contributed by atoms with Gasteiger partial charge < -0.3 is 0 Å². The second-order valence-corrected chi connectivity index (χ2v) is 5.26. The van der Waals surface area contributed by atoms with E-state index < -0.39 is 11.9 Å². The van der Waals surface area contributed by atoms with Crippen LogP contribution in [-0.4, -0.2) is 28.8 Å². The number of rotatable bonds is 1. The summed E-state index contributed by atoms with van der Waals surface area (Å²) >= 11 is 0. The van der Waals surface area contributed by atoms with Crippen molar-refractivity contribution in [3.63, 3.8) is 0 Å². The second kappa shape index (κ2) is 4.47. The minimum Gasteiger partial charge on any atom is -0.277 e. The fourth-order valence-corrected chi connectivity index (χ4v) is 2.93. The molecule has 2 aliphatic rings. The summed E-state index contributed by atoms with van der Waals surface area (Å²) in [5.41, 5.74) is 0. The van der Waals surface area contributed by atoms with Crippen LogP contribution in [0.3, 0.4) is 0 Å². The smallest absolute Gasteiger partial charge is 0.277 e. The van der Waals surface area contributed by atoms with E-state index in [1.807, 2.05) is 0 Å². The van der Waals surface area contributed by atoms with Gasteiger partial charge in [-0.3, -0.25) is 19.8 Å². The van der Waals surface area contributed by atoms with Crippen LogP contribution in [0.25, 0.3) is 0 Å². The average molecular weight is 238 g/mol. The molecule has 5 heteroatoms. The van der Waals surface area contributed by atoms with E-state index in [0.717, 1.165) is 19.3 Å². The minimum atomic E-state index is -0.544. The molecule has 1 saturated heterocycles. The zero-order valence-corrected chi connectivity index (χ0v) is 10.2. The summed E-state index contributed by atoms with van der Waals surface area (Å²) in [4.78, 5) is 35.8. The average Bonchev–Trinajstić information content (AvgIpc) is 2.19. The molecule has 5 nitrogen and oxygen atoms in total. The Hall–Kier alpha value is -1.39. The Balaban J connectivity index is 2.13. The largest absolute Gasteiger partial charge is 0.331 e. The lowest BCUT2D eigenvalue weighted by Gasteiger charge is -2.40. The summed E-state index contributed by atoms with van der Waals surface area (Å²) in [6.07, 6.45) is 2.69. The lowest BCUT2D eigenvalue weighted by molar-refractivity contribution is -0.139. The molecule has 2 fully saturated rings. The monoisotopic (exact) mass is 238 g/mol. The van der Waals surface area contributed by atoms with E-state index in [2.05, 4.69) is 19.2 Å². The maximum absolute atomic E-state index is 11.8. The van der Waals surface area contributed by atoms with Gasteiger partial charge in [0, 0.05) is 6.04 Å². The number of barbiturate groups is 1. The first-order chi connectivity index (χ1) is 7.99. The van der Waals surface area contributed by atoms with E-state index in [1.54, 1.807) is 0 Å². The summed E-state index contributed by atoms with van der Waals surface area (Å²) in [6, 6.07) is -0.593. The summed E-state index contributed by atoms with van der Waals surface area (Å²) < 4.78 is 0. The molecule has 3 atom stereocenters. The third kappa shape index (κ3) is 2.33. The van der Waals surface area contributed by atoms with Crippen molar-refractivity contribution in [2.45, 2.75) is 45.6 Å². The van der Waals surface area contributed by atoms with E-state index in [9.17, 15) is 14.4 Å². The van der Waals surface area contributed by atoms with Gasteiger partial charge in [0.2, 0.25) is 11.8 Å². The van der Waals surface area contributed by atoms with Crippen molar-refractivity contribution in [3.8, 4) is 0 Å². The summed E-state index contributed by atoms with van der Waals surface area (Å²) in [7, 11) is 0. The Morgan fingerprint density at radius 2 is 1.88 bits per heavy atom. The van der Waals surface area contributed by atoms with E-state index >= 15 is 0 Å². The SMILES string of the molecule is CC1CCC(N2C(=O)CC(=O)NC2=O)C(C)C1. The normalized spacial score (nSPS) is 34.8. The molecule has 1 aliphatic heterocycles. The van der Waals surface area contributed by atoms with Crippen molar-refractivity contribution in [1.82, 2.24) is 10.2 Å². The highest BCUT2D eigenvalue weighted by Crippen LogP contribution is 2.32. The lowest BCUT2D eigenvalue weighted by Crippen LogP contribution is -2.58. The molecular formula is C12H18N2O3. The zero-order valence-electron chi connectivity index (χ0n) is 10.2. The number of carbonyl (C=O) groups excluding carboxylic acids is 3. The third-order valence-electron chi connectivity index (χ3n) is 3.76. The fourth-order valence-electron chi connectivity index (χ4n) is 2.93. The maximum atomic E-state index is 11.8. The van der Waals surface area contributed by atoms with Gasteiger partial charge in [-0.1, -0.05) is 13.8 Å². The van der Waals surface area contributed by atoms with Crippen LogP contribution in [0.5, 0.6) is 0 Å². The molecule has 1 saturated carbocycles. The van der Waals surface area contributed by atoms with Crippen molar-refractivity contribution in [1.29, 1.82) is 0 Å². The van der Waals surface area contributed by atoms with Crippen LogP contribution in [0.15, 0.2) is 0 Å². The van der Waals surface area contributed by atoms with Gasteiger partial charge >= 0.3 is 6.03 Å². The van der Waals surface area contributed by atoms with Gasteiger partial charge in [-0.25, -0.2) is 4.79 Å². The highest BCUT2D eigenvalue weighted by atomic mass is 16.2. The number of hydrogen-bond acceptors (Lipinski definition) is 3. The number of carbonyl (C=O) groups is 3. The number of imide groups is 2. The number of urea groups is 1. The summed E-state index contributed by atoms with van der Waals surface area (Å²) in [6.45, 7) is 4.26. The van der Waals surface area contributed by atoms with Gasteiger partial charge in [0.05, 0.1) is 0 Å². The van der Waals surface area contributed by atoms with Gasteiger partial charge in [-0.05, 0) is 31.1 Å². The third-order valence-corrected chi connectivity index (χ3v) is 3.76. The van der Waals surface area contributed by atoms with Crippen molar-refractivity contribution in [2.75, 3.05) is 0 Å². The van der Waals surface area contributed by atoms with Crippen LogP contribution in [0.4, 0.5) is 4.79 Å². The Bertz CT molecular complexity index is 347.